The Morgan fingerprint density at radius 3 is 2.75 bits per heavy atom. The molecule has 0 aliphatic rings. The molecule has 0 saturated heterocycles. The molecule has 3 nitrogen and oxygen atoms in total. The van der Waals surface area contributed by atoms with Crippen molar-refractivity contribution in [2.45, 2.75) is 0 Å². The minimum absolute atomic E-state index is 0.0486. The molecule has 0 bridgehead atoms. The molecule has 0 fully saturated rings. The number of nitrogens with zero attached hydrogens (tertiary/aromatic N) is 2. The lowest BCUT2D eigenvalue weighted by atomic mass is 10.4. The maximum Gasteiger partial charge on any atom is 0.239 e. The van der Waals surface area contributed by atoms with E-state index in [1.807, 2.05) is 0 Å². The summed E-state index contributed by atoms with van der Waals surface area (Å²) in [7, 11) is -2.30. The molecule has 1 aromatic rings. The van der Waals surface area contributed by atoms with Crippen molar-refractivity contribution in [1.29, 1.82) is 0 Å². The average Bonchev–Trinajstić information content (AvgIpc) is 1.91. The van der Waals surface area contributed by atoms with Crippen LogP contribution in [-0.2, 0) is 9.73 Å². The van der Waals surface area contributed by atoms with Gasteiger partial charge in [0.15, 0.2) is 0 Å². The lowest BCUT2D eigenvalue weighted by Crippen LogP contribution is -1.90. The molecule has 0 saturated carbocycles. The van der Waals surface area contributed by atoms with Crippen molar-refractivity contribution in [3.63, 3.8) is 0 Å². The van der Waals surface area contributed by atoms with Crippen LogP contribution in [0.5, 0.6) is 0 Å². The number of hydrogen-bond donors (Lipinski definition) is 0. The minimum Gasteiger partial charge on any atom is -0.250 e. The Bertz CT molecular complexity index is 388. The molecule has 5 heteroatoms. The molecule has 66 valence electrons. The first-order chi connectivity index (χ1) is 5.49. The second-order valence-electron chi connectivity index (χ2n) is 2.59. The van der Waals surface area contributed by atoms with Crippen LogP contribution in [0.4, 0.5) is 10.1 Å². The molecule has 0 aliphatic heterocycles. The van der Waals surface area contributed by atoms with Crippen LogP contribution in [-0.4, -0.2) is 21.7 Å². The largest absolute Gasteiger partial charge is 0.250 e. The summed E-state index contributed by atoms with van der Waals surface area (Å²) < 4.78 is 27.6. The number of pyridine rings is 1. The molecule has 1 heterocycles. The minimum atomic E-state index is -2.30. The molecular formula is C7H9FN2OS. The predicted molar refractivity (Wildman–Crippen MR) is 46.3 cm³/mol. The molecular weight excluding hydrogens is 179 g/mol. The Balaban J connectivity index is 3.23. The molecule has 1 aromatic heterocycles. The predicted octanol–water partition coefficient (Wildman–Crippen LogP) is 1.58. The van der Waals surface area contributed by atoms with Gasteiger partial charge in [0.25, 0.3) is 0 Å². The van der Waals surface area contributed by atoms with Crippen molar-refractivity contribution in [3.05, 3.63) is 24.3 Å². The van der Waals surface area contributed by atoms with E-state index in [1.165, 1.54) is 24.8 Å². The smallest absolute Gasteiger partial charge is 0.239 e. The summed E-state index contributed by atoms with van der Waals surface area (Å²) in [5.41, 5.74) is 0.0486. The Labute approximate surface area is 70.8 Å². The summed E-state index contributed by atoms with van der Waals surface area (Å²) in [6.45, 7) is 0. The topological polar surface area (TPSA) is 42.3 Å². The Morgan fingerprint density at radius 1 is 1.58 bits per heavy atom. The highest BCUT2D eigenvalue weighted by Gasteiger charge is 2.00. The van der Waals surface area contributed by atoms with Gasteiger partial charge in [0, 0.05) is 28.4 Å². The van der Waals surface area contributed by atoms with E-state index in [0.29, 0.717) is 0 Å². The highest BCUT2D eigenvalue weighted by molar-refractivity contribution is 7.92. The van der Waals surface area contributed by atoms with Crippen molar-refractivity contribution in [2.24, 2.45) is 4.36 Å². The van der Waals surface area contributed by atoms with Crippen molar-refractivity contribution in [1.82, 2.24) is 4.98 Å². The van der Waals surface area contributed by atoms with E-state index >= 15 is 0 Å². The monoisotopic (exact) mass is 188 g/mol. The van der Waals surface area contributed by atoms with E-state index < -0.39 is 15.7 Å². The third-order valence-electron chi connectivity index (χ3n) is 1.06. The van der Waals surface area contributed by atoms with Crippen molar-refractivity contribution < 1.29 is 8.60 Å². The van der Waals surface area contributed by atoms with Gasteiger partial charge in [-0.15, -0.1) is 0 Å². The Kier molecular flexibility index (Phi) is 2.42. The zero-order valence-electron chi connectivity index (χ0n) is 6.82. The summed E-state index contributed by atoms with van der Waals surface area (Å²) in [5, 5.41) is 0. The molecule has 0 amide bonds. The highest BCUT2D eigenvalue weighted by Crippen LogP contribution is 2.15. The number of hydrogen-bond acceptors (Lipinski definition) is 3. The quantitative estimate of drug-likeness (QED) is 0.628. The van der Waals surface area contributed by atoms with Gasteiger partial charge in [0.05, 0.1) is 0 Å². The van der Waals surface area contributed by atoms with Crippen LogP contribution in [0.15, 0.2) is 22.7 Å². The van der Waals surface area contributed by atoms with Crippen LogP contribution in [0.3, 0.4) is 0 Å². The maximum absolute atomic E-state index is 12.8. The second-order valence-corrected chi connectivity index (χ2v) is 5.13. The second kappa shape index (κ2) is 3.18. The summed E-state index contributed by atoms with van der Waals surface area (Å²) in [4.78, 5) is 3.38. The molecule has 0 radical (unpaired) electrons. The van der Waals surface area contributed by atoms with Crippen LogP contribution >= 0.6 is 0 Å². The maximum atomic E-state index is 12.8. The zero-order valence-corrected chi connectivity index (χ0v) is 7.64. The van der Waals surface area contributed by atoms with Gasteiger partial charge in [-0.25, -0.2) is 9.19 Å². The van der Waals surface area contributed by atoms with Gasteiger partial charge in [-0.05, 0) is 12.1 Å². The molecule has 1 rings (SSSR count). The van der Waals surface area contributed by atoms with Gasteiger partial charge in [-0.3, -0.25) is 0 Å². The zero-order chi connectivity index (χ0) is 9.19. The SMILES string of the molecule is CS(C)(=O)=Nc1cccnc1F. The van der Waals surface area contributed by atoms with Crippen molar-refractivity contribution in [3.8, 4) is 0 Å². The molecule has 0 N–H and O–H groups in total. The fourth-order valence-electron chi connectivity index (χ4n) is 0.682. The summed E-state index contributed by atoms with van der Waals surface area (Å²) in [6, 6.07) is 2.99. The molecule has 12 heavy (non-hydrogen) atoms. The number of halogens is 1. The van der Waals surface area contributed by atoms with Crippen LogP contribution < -0.4 is 0 Å². The first-order valence-electron chi connectivity index (χ1n) is 3.27. The summed E-state index contributed by atoms with van der Waals surface area (Å²) in [6.07, 6.45) is 4.21. The van der Waals surface area contributed by atoms with Crippen LogP contribution in [0.1, 0.15) is 0 Å². The first-order valence-corrected chi connectivity index (χ1v) is 5.60. The standard InChI is InChI=1S/C7H9FN2OS/c1-12(2,11)10-6-4-3-5-9-7(6)8/h3-5H,1-2H3. The van der Waals surface area contributed by atoms with Gasteiger partial charge in [-0.2, -0.15) is 8.75 Å². The summed E-state index contributed by atoms with van der Waals surface area (Å²) in [5.74, 6) is -0.686. The highest BCUT2D eigenvalue weighted by atomic mass is 32.2. The van der Waals surface area contributed by atoms with Crippen LogP contribution in [0.25, 0.3) is 0 Å². The number of rotatable bonds is 1. The van der Waals surface area contributed by atoms with Crippen molar-refractivity contribution >= 4 is 15.4 Å². The molecule has 0 aromatic carbocycles. The van der Waals surface area contributed by atoms with E-state index in [1.54, 1.807) is 6.07 Å². The molecule has 0 spiro atoms. The fourth-order valence-corrected chi connectivity index (χ4v) is 1.29. The van der Waals surface area contributed by atoms with E-state index in [0.717, 1.165) is 0 Å². The third kappa shape index (κ3) is 2.58. The molecule has 0 aliphatic carbocycles. The van der Waals surface area contributed by atoms with E-state index in [9.17, 15) is 8.60 Å². The van der Waals surface area contributed by atoms with Crippen LogP contribution in [0.2, 0.25) is 0 Å². The number of aromatic nitrogens is 1. The van der Waals surface area contributed by atoms with E-state index in [-0.39, 0.29) is 5.69 Å². The lowest BCUT2D eigenvalue weighted by molar-refractivity contribution is 0.586. The average molecular weight is 188 g/mol. The van der Waals surface area contributed by atoms with Gasteiger partial charge in [0.1, 0.15) is 5.69 Å². The van der Waals surface area contributed by atoms with Gasteiger partial charge >= 0.3 is 0 Å². The summed E-state index contributed by atoms with van der Waals surface area (Å²) >= 11 is 0. The molecule has 0 unspecified atom stereocenters. The fraction of sp³-hybridized carbons (Fsp3) is 0.286. The lowest BCUT2D eigenvalue weighted by Gasteiger charge is -1.96. The first kappa shape index (κ1) is 9.12. The van der Waals surface area contributed by atoms with E-state index in [4.69, 9.17) is 0 Å². The van der Waals surface area contributed by atoms with Gasteiger partial charge < -0.3 is 0 Å². The van der Waals surface area contributed by atoms with Gasteiger partial charge in [-0.1, -0.05) is 0 Å². The Hall–Kier alpha value is -0.970. The molecule has 0 atom stereocenters. The van der Waals surface area contributed by atoms with E-state index in [2.05, 4.69) is 9.35 Å². The van der Waals surface area contributed by atoms with Gasteiger partial charge in [0.2, 0.25) is 5.95 Å². The Morgan fingerprint density at radius 2 is 2.25 bits per heavy atom. The normalized spacial score (nSPS) is 11.2. The van der Waals surface area contributed by atoms with Crippen molar-refractivity contribution in [2.75, 3.05) is 12.5 Å². The van der Waals surface area contributed by atoms with Crippen LogP contribution in [0, 0.1) is 5.95 Å². The third-order valence-corrected chi connectivity index (χ3v) is 1.69.